The molecule has 1 aromatic carbocycles. The van der Waals surface area contributed by atoms with E-state index in [2.05, 4.69) is 5.32 Å². The molecule has 3 nitrogen and oxygen atoms in total. The van der Waals surface area contributed by atoms with Crippen LogP contribution in [-0.2, 0) is 4.79 Å². The van der Waals surface area contributed by atoms with Crippen molar-refractivity contribution in [1.29, 1.82) is 0 Å². The number of benzene rings is 1. The molecule has 0 aliphatic heterocycles. The highest BCUT2D eigenvalue weighted by Crippen LogP contribution is 2.20. The summed E-state index contributed by atoms with van der Waals surface area (Å²) in [4.78, 5) is 11.4. The maximum atomic E-state index is 11.4. The lowest BCUT2D eigenvalue weighted by atomic mass is 10.1. The largest absolute Gasteiger partial charge is 0.496 e. The Balaban J connectivity index is 2.76. The van der Waals surface area contributed by atoms with Crippen molar-refractivity contribution >= 4 is 12.0 Å². The quantitative estimate of drug-likeness (QED) is 0.794. The van der Waals surface area contributed by atoms with Gasteiger partial charge in [-0.2, -0.15) is 0 Å². The summed E-state index contributed by atoms with van der Waals surface area (Å²) in [5.74, 6) is 0.700. The van der Waals surface area contributed by atoms with E-state index >= 15 is 0 Å². The average Bonchev–Trinajstić information content (AvgIpc) is 2.34. The zero-order valence-electron chi connectivity index (χ0n) is 10.6. The van der Waals surface area contributed by atoms with Crippen molar-refractivity contribution in [2.45, 2.75) is 20.3 Å². The summed E-state index contributed by atoms with van der Waals surface area (Å²) in [5, 5.41) is 2.79. The number of carbonyl (C=O) groups is 1. The first-order chi connectivity index (χ1) is 8.17. The second-order valence-corrected chi connectivity index (χ2v) is 3.87. The Kier molecular flexibility index (Phi) is 5.27. The lowest BCUT2D eigenvalue weighted by Gasteiger charge is -2.05. The van der Waals surface area contributed by atoms with Crippen LogP contribution in [0, 0.1) is 6.92 Å². The molecule has 0 saturated carbocycles. The van der Waals surface area contributed by atoms with E-state index in [1.807, 2.05) is 32.0 Å². The van der Waals surface area contributed by atoms with E-state index in [1.165, 1.54) is 6.08 Å². The molecule has 0 atom stereocenters. The zero-order chi connectivity index (χ0) is 12.7. The molecule has 0 radical (unpaired) electrons. The molecule has 0 unspecified atom stereocenters. The summed E-state index contributed by atoms with van der Waals surface area (Å²) in [5.41, 5.74) is 2.05. The number of hydrogen-bond acceptors (Lipinski definition) is 2. The third-order valence-electron chi connectivity index (χ3n) is 2.35. The van der Waals surface area contributed by atoms with Gasteiger partial charge in [-0.1, -0.05) is 18.6 Å². The van der Waals surface area contributed by atoms with Gasteiger partial charge in [-0.25, -0.2) is 0 Å². The molecule has 1 aromatic rings. The number of aryl methyl sites for hydroxylation is 1. The van der Waals surface area contributed by atoms with E-state index in [9.17, 15) is 4.79 Å². The minimum atomic E-state index is -0.0737. The van der Waals surface area contributed by atoms with Crippen LogP contribution in [0.25, 0.3) is 6.08 Å². The zero-order valence-corrected chi connectivity index (χ0v) is 10.6. The molecule has 1 amide bonds. The molecule has 3 heteroatoms. The van der Waals surface area contributed by atoms with E-state index in [0.717, 1.165) is 23.3 Å². The van der Waals surface area contributed by atoms with Crippen molar-refractivity contribution in [3.05, 3.63) is 35.4 Å². The molecule has 0 bridgehead atoms. The molecule has 0 aromatic heterocycles. The number of nitrogens with one attached hydrogen (secondary N) is 1. The van der Waals surface area contributed by atoms with Gasteiger partial charge in [0, 0.05) is 18.2 Å². The van der Waals surface area contributed by atoms with Gasteiger partial charge < -0.3 is 10.1 Å². The summed E-state index contributed by atoms with van der Waals surface area (Å²) < 4.78 is 5.23. The fourth-order valence-electron chi connectivity index (χ4n) is 1.46. The minimum absolute atomic E-state index is 0.0737. The Morgan fingerprint density at radius 3 is 2.88 bits per heavy atom. The molecule has 0 saturated heterocycles. The maximum Gasteiger partial charge on any atom is 0.244 e. The van der Waals surface area contributed by atoms with Crippen LogP contribution >= 0.6 is 0 Å². The van der Waals surface area contributed by atoms with Crippen molar-refractivity contribution in [1.82, 2.24) is 5.32 Å². The maximum absolute atomic E-state index is 11.4. The van der Waals surface area contributed by atoms with Crippen LogP contribution in [0.2, 0.25) is 0 Å². The van der Waals surface area contributed by atoms with Gasteiger partial charge in [-0.3, -0.25) is 4.79 Å². The van der Waals surface area contributed by atoms with Crippen molar-refractivity contribution in [2.24, 2.45) is 0 Å². The van der Waals surface area contributed by atoms with Crippen molar-refractivity contribution in [2.75, 3.05) is 13.7 Å². The lowest BCUT2D eigenvalue weighted by Crippen LogP contribution is -2.21. The highest BCUT2D eigenvalue weighted by Gasteiger charge is 2.00. The predicted octanol–water partition coefficient (Wildman–Crippen LogP) is 2.54. The van der Waals surface area contributed by atoms with Crippen LogP contribution in [0.3, 0.4) is 0 Å². The first kappa shape index (κ1) is 13.3. The van der Waals surface area contributed by atoms with E-state index in [0.29, 0.717) is 6.54 Å². The van der Waals surface area contributed by atoms with Crippen molar-refractivity contribution < 1.29 is 9.53 Å². The molecule has 0 aliphatic carbocycles. The van der Waals surface area contributed by atoms with Crippen LogP contribution in [0.5, 0.6) is 5.75 Å². The summed E-state index contributed by atoms with van der Waals surface area (Å²) in [6.07, 6.45) is 4.25. The van der Waals surface area contributed by atoms with Gasteiger partial charge in [0.2, 0.25) is 5.91 Å². The summed E-state index contributed by atoms with van der Waals surface area (Å²) >= 11 is 0. The molecule has 0 fully saturated rings. The van der Waals surface area contributed by atoms with Crippen molar-refractivity contribution in [3.8, 4) is 5.75 Å². The number of carbonyl (C=O) groups excluding carboxylic acids is 1. The third kappa shape index (κ3) is 4.31. The summed E-state index contributed by atoms with van der Waals surface area (Å²) in [7, 11) is 1.62. The van der Waals surface area contributed by atoms with Gasteiger partial charge in [0.1, 0.15) is 5.75 Å². The molecule has 1 rings (SSSR count). The third-order valence-corrected chi connectivity index (χ3v) is 2.35. The Labute approximate surface area is 102 Å². The average molecular weight is 233 g/mol. The second-order valence-electron chi connectivity index (χ2n) is 3.87. The summed E-state index contributed by atoms with van der Waals surface area (Å²) in [6, 6.07) is 5.87. The van der Waals surface area contributed by atoms with Gasteiger partial charge in [0.25, 0.3) is 0 Å². The van der Waals surface area contributed by atoms with Gasteiger partial charge >= 0.3 is 0 Å². The highest BCUT2D eigenvalue weighted by atomic mass is 16.5. The van der Waals surface area contributed by atoms with Gasteiger partial charge in [-0.05, 0) is 31.6 Å². The van der Waals surface area contributed by atoms with Gasteiger partial charge in [0.05, 0.1) is 7.11 Å². The Morgan fingerprint density at radius 1 is 1.47 bits per heavy atom. The Morgan fingerprint density at radius 2 is 2.24 bits per heavy atom. The standard InChI is InChI=1S/C14H19NO2/c1-4-9-15-14(16)8-6-12-10-11(2)5-7-13(12)17-3/h5-8,10H,4,9H2,1-3H3,(H,15,16). The van der Waals surface area contributed by atoms with E-state index in [1.54, 1.807) is 13.2 Å². The van der Waals surface area contributed by atoms with Crippen LogP contribution < -0.4 is 10.1 Å². The van der Waals surface area contributed by atoms with E-state index < -0.39 is 0 Å². The van der Waals surface area contributed by atoms with Gasteiger partial charge in [-0.15, -0.1) is 0 Å². The first-order valence-electron chi connectivity index (χ1n) is 5.78. The molecule has 1 N–H and O–H groups in total. The van der Waals surface area contributed by atoms with E-state index in [4.69, 9.17) is 4.74 Å². The summed E-state index contributed by atoms with van der Waals surface area (Å²) in [6.45, 7) is 4.73. The lowest BCUT2D eigenvalue weighted by molar-refractivity contribution is -0.116. The normalized spacial score (nSPS) is 10.5. The highest BCUT2D eigenvalue weighted by molar-refractivity contribution is 5.92. The van der Waals surface area contributed by atoms with Gasteiger partial charge in [0.15, 0.2) is 0 Å². The predicted molar refractivity (Wildman–Crippen MR) is 70.1 cm³/mol. The fourth-order valence-corrected chi connectivity index (χ4v) is 1.46. The van der Waals surface area contributed by atoms with Crippen LogP contribution in [0.1, 0.15) is 24.5 Å². The molecule has 17 heavy (non-hydrogen) atoms. The van der Waals surface area contributed by atoms with E-state index in [-0.39, 0.29) is 5.91 Å². The van der Waals surface area contributed by atoms with Crippen LogP contribution in [0.4, 0.5) is 0 Å². The first-order valence-corrected chi connectivity index (χ1v) is 5.78. The number of rotatable bonds is 5. The molecular formula is C14H19NO2. The molecule has 0 spiro atoms. The second kappa shape index (κ2) is 6.74. The molecule has 0 heterocycles. The Hall–Kier alpha value is -1.77. The number of hydrogen-bond donors (Lipinski definition) is 1. The number of methoxy groups -OCH3 is 1. The van der Waals surface area contributed by atoms with Crippen molar-refractivity contribution in [3.63, 3.8) is 0 Å². The fraction of sp³-hybridized carbons (Fsp3) is 0.357. The molecule has 0 aliphatic rings. The minimum Gasteiger partial charge on any atom is -0.496 e. The topological polar surface area (TPSA) is 38.3 Å². The molecule has 92 valence electrons. The molecular weight excluding hydrogens is 214 g/mol. The van der Waals surface area contributed by atoms with Crippen LogP contribution in [-0.4, -0.2) is 19.6 Å². The Bertz CT molecular complexity index is 411. The number of ether oxygens (including phenoxy) is 1. The SMILES string of the molecule is CCCNC(=O)C=Cc1cc(C)ccc1OC. The monoisotopic (exact) mass is 233 g/mol. The number of amides is 1. The van der Waals surface area contributed by atoms with Crippen LogP contribution in [0.15, 0.2) is 24.3 Å². The smallest absolute Gasteiger partial charge is 0.244 e.